The van der Waals surface area contributed by atoms with Gasteiger partial charge in [-0.1, -0.05) is 24.3 Å². The highest BCUT2D eigenvalue weighted by molar-refractivity contribution is 5.89. The molecule has 1 unspecified atom stereocenters. The molecule has 148 valence electrons. The van der Waals surface area contributed by atoms with Crippen LogP contribution in [-0.4, -0.2) is 41.1 Å². The number of likely N-dealkylation sites (tertiary alicyclic amines) is 1. The monoisotopic (exact) mass is 385 g/mol. The highest BCUT2D eigenvalue weighted by atomic mass is 19.1. The summed E-state index contributed by atoms with van der Waals surface area (Å²) >= 11 is 0. The maximum Gasteiger partial charge on any atom is 0.319 e. The summed E-state index contributed by atoms with van der Waals surface area (Å²) in [6, 6.07) is 12.6. The maximum atomic E-state index is 12.9. The minimum absolute atomic E-state index is 0.00162. The molecular formula is C21H24FN3O3. The third kappa shape index (κ3) is 5.29. The summed E-state index contributed by atoms with van der Waals surface area (Å²) in [5.74, 6) is -0.308. The quantitative estimate of drug-likeness (QED) is 0.715. The van der Waals surface area contributed by atoms with Crippen LogP contribution >= 0.6 is 0 Å². The van der Waals surface area contributed by atoms with Crippen LogP contribution in [0.2, 0.25) is 0 Å². The molecule has 28 heavy (non-hydrogen) atoms. The second kappa shape index (κ2) is 9.32. The summed E-state index contributed by atoms with van der Waals surface area (Å²) in [7, 11) is 0. The van der Waals surface area contributed by atoms with E-state index in [2.05, 4.69) is 10.6 Å². The van der Waals surface area contributed by atoms with Gasteiger partial charge in [-0.2, -0.15) is 0 Å². The van der Waals surface area contributed by atoms with E-state index < -0.39 is 0 Å². The lowest BCUT2D eigenvalue weighted by molar-refractivity contribution is -0.131. The van der Waals surface area contributed by atoms with Gasteiger partial charge in [-0.3, -0.25) is 4.79 Å². The second-order valence-corrected chi connectivity index (χ2v) is 6.87. The highest BCUT2D eigenvalue weighted by Gasteiger charge is 2.27. The first kappa shape index (κ1) is 19.8. The summed E-state index contributed by atoms with van der Waals surface area (Å²) in [5, 5.41) is 14.8. The van der Waals surface area contributed by atoms with Crippen LogP contribution in [0.3, 0.4) is 0 Å². The number of hydrogen-bond donors (Lipinski definition) is 3. The van der Waals surface area contributed by atoms with Crippen LogP contribution in [0.5, 0.6) is 0 Å². The lowest BCUT2D eigenvalue weighted by Crippen LogP contribution is -2.38. The fraction of sp³-hybridized carbons (Fsp3) is 0.333. The SMILES string of the molecule is O=C(NCc1ccc(F)cc1)Nc1ccc(CC(=O)N2CCCC2CO)cc1. The summed E-state index contributed by atoms with van der Waals surface area (Å²) in [6.45, 7) is 0.986. The molecule has 0 saturated carbocycles. The molecule has 1 aliphatic heterocycles. The third-order valence-corrected chi connectivity index (χ3v) is 4.84. The third-order valence-electron chi connectivity index (χ3n) is 4.84. The predicted octanol–water partition coefficient (Wildman–Crippen LogP) is 2.67. The molecule has 1 aliphatic rings. The number of aliphatic hydroxyl groups is 1. The van der Waals surface area contributed by atoms with Gasteiger partial charge in [-0.05, 0) is 48.2 Å². The molecule has 0 aliphatic carbocycles. The van der Waals surface area contributed by atoms with Crippen LogP contribution in [0, 0.1) is 5.82 Å². The molecule has 7 heteroatoms. The zero-order valence-electron chi connectivity index (χ0n) is 15.5. The summed E-state index contributed by atoms with van der Waals surface area (Å²) in [6.07, 6.45) is 2.04. The van der Waals surface area contributed by atoms with Crippen molar-refractivity contribution < 1.29 is 19.1 Å². The lowest BCUT2D eigenvalue weighted by Gasteiger charge is -2.23. The second-order valence-electron chi connectivity index (χ2n) is 6.87. The molecule has 0 radical (unpaired) electrons. The Balaban J connectivity index is 1.47. The van der Waals surface area contributed by atoms with Gasteiger partial charge >= 0.3 is 6.03 Å². The average molecular weight is 385 g/mol. The summed E-state index contributed by atoms with van der Waals surface area (Å²) < 4.78 is 12.9. The van der Waals surface area contributed by atoms with Crippen molar-refractivity contribution in [3.8, 4) is 0 Å². The number of nitrogens with zero attached hydrogens (tertiary/aromatic N) is 1. The van der Waals surface area contributed by atoms with Gasteiger partial charge in [0, 0.05) is 18.8 Å². The zero-order valence-corrected chi connectivity index (χ0v) is 15.5. The first-order valence-corrected chi connectivity index (χ1v) is 9.33. The number of amides is 3. The normalized spacial score (nSPS) is 16.1. The maximum absolute atomic E-state index is 12.9. The van der Waals surface area contributed by atoms with E-state index in [9.17, 15) is 19.1 Å². The molecule has 0 spiro atoms. The van der Waals surface area contributed by atoms with Gasteiger partial charge in [0.05, 0.1) is 19.1 Å². The van der Waals surface area contributed by atoms with Crippen LogP contribution in [0.4, 0.5) is 14.9 Å². The number of hydrogen-bond acceptors (Lipinski definition) is 3. The van der Waals surface area contributed by atoms with E-state index in [0.717, 1.165) is 24.0 Å². The Morgan fingerprint density at radius 1 is 1.07 bits per heavy atom. The Morgan fingerprint density at radius 2 is 1.75 bits per heavy atom. The van der Waals surface area contributed by atoms with E-state index in [4.69, 9.17) is 0 Å². The number of halogens is 1. The molecule has 1 saturated heterocycles. The van der Waals surface area contributed by atoms with E-state index in [-0.39, 0.29) is 36.8 Å². The topological polar surface area (TPSA) is 81.7 Å². The van der Waals surface area contributed by atoms with Crippen LogP contribution in [0.1, 0.15) is 24.0 Å². The van der Waals surface area contributed by atoms with Crippen LogP contribution < -0.4 is 10.6 Å². The van der Waals surface area contributed by atoms with Crippen LogP contribution in [-0.2, 0) is 17.8 Å². The molecule has 0 aromatic heterocycles. The van der Waals surface area contributed by atoms with E-state index in [1.165, 1.54) is 12.1 Å². The van der Waals surface area contributed by atoms with Gasteiger partial charge in [-0.25, -0.2) is 9.18 Å². The molecule has 2 aromatic carbocycles. The fourth-order valence-electron chi connectivity index (χ4n) is 3.30. The smallest absolute Gasteiger partial charge is 0.319 e. The number of rotatable bonds is 6. The minimum atomic E-state index is -0.365. The van der Waals surface area contributed by atoms with Crippen molar-refractivity contribution in [2.24, 2.45) is 0 Å². The van der Waals surface area contributed by atoms with Gasteiger partial charge < -0.3 is 20.6 Å². The predicted molar refractivity (Wildman–Crippen MR) is 104 cm³/mol. The number of anilines is 1. The van der Waals surface area contributed by atoms with Gasteiger partial charge in [0.1, 0.15) is 5.82 Å². The van der Waals surface area contributed by atoms with E-state index in [0.29, 0.717) is 18.8 Å². The molecule has 3 rings (SSSR count). The van der Waals surface area contributed by atoms with Crippen molar-refractivity contribution in [3.05, 3.63) is 65.5 Å². The van der Waals surface area contributed by atoms with Crippen LogP contribution in [0.15, 0.2) is 48.5 Å². The van der Waals surface area contributed by atoms with Crippen molar-refractivity contribution in [1.82, 2.24) is 10.2 Å². The Hall–Kier alpha value is -2.93. The number of nitrogens with one attached hydrogen (secondary N) is 2. The molecule has 2 aromatic rings. The molecule has 0 bridgehead atoms. The Labute approximate surface area is 163 Å². The van der Waals surface area contributed by atoms with Crippen molar-refractivity contribution >= 4 is 17.6 Å². The van der Waals surface area contributed by atoms with Gasteiger partial charge in [0.2, 0.25) is 5.91 Å². The minimum Gasteiger partial charge on any atom is -0.394 e. The Morgan fingerprint density at radius 3 is 2.43 bits per heavy atom. The van der Waals surface area contributed by atoms with Crippen LogP contribution in [0.25, 0.3) is 0 Å². The molecule has 1 atom stereocenters. The van der Waals surface area contributed by atoms with Crippen molar-refractivity contribution in [1.29, 1.82) is 0 Å². The first-order valence-electron chi connectivity index (χ1n) is 9.33. The Bertz CT molecular complexity index is 809. The van der Waals surface area contributed by atoms with E-state index in [1.807, 2.05) is 0 Å². The largest absolute Gasteiger partial charge is 0.394 e. The number of urea groups is 1. The van der Waals surface area contributed by atoms with E-state index in [1.54, 1.807) is 41.3 Å². The average Bonchev–Trinajstić information content (AvgIpc) is 3.18. The van der Waals surface area contributed by atoms with Crippen molar-refractivity contribution in [3.63, 3.8) is 0 Å². The van der Waals surface area contributed by atoms with E-state index >= 15 is 0 Å². The van der Waals surface area contributed by atoms with Crippen molar-refractivity contribution in [2.75, 3.05) is 18.5 Å². The lowest BCUT2D eigenvalue weighted by atomic mass is 10.1. The van der Waals surface area contributed by atoms with Crippen molar-refractivity contribution in [2.45, 2.75) is 31.8 Å². The first-order chi connectivity index (χ1) is 13.5. The van der Waals surface area contributed by atoms with Gasteiger partial charge in [0.15, 0.2) is 0 Å². The number of aliphatic hydroxyl groups excluding tert-OH is 1. The molecule has 1 heterocycles. The van der Waals surface area contributed by atoms with Gasteiger partial charge in [-0.15, -0.1) is 0 Å². The Kier molecular flexibility index (Phi) is 6.60. The standard InChI is InChI=1S/C21H24FN3O3/c22-17-7-3-16(4-8-17)13-23-21(28)24-18-9-5-15(6-10-18)12-20(27)25-11-1-2-19(25)14-26/h3-10,19,26H,1-2,11-14H2,(H2,23,24,28). The summed E-state index contributed by atoms with van der Waals surface area (Å²) in [5.41, 5.74) is 2.27. The number of carbonyl (C=O) groups excluding carboxylic acids is 2. The summed E-state index contributed by atoms with van der Waals surface area (Å²) in [4.78, 5) is 26.1. The number of carbonyl (C=O) groups is 2. The van der Waals surface area contributed by atoms with Gasteiger partial charge in [0.25, 0.3) is 0 Å². The molecule has 1 fully saturated rings. The molecule has 6 nitrogen and oxygen atoms in total. The molecule has 3 N–H and O–H groups in total. The number of benzene rings is 2. The highest BCUT2D eigenvalue weighted by Crippen LogP contribution is 2.19. The zero-order chi connectivity index (χ0) is 19.9. The fourth-order valence-corrected chi connectivity index (χ4v) is 3.30. The molecule has 3 amide bonds. The molecular weight excluding hydrogens is 361 g/mol.